The fourth-order valence-corrected chi connectivity index (χ4v) is 2.97. The van der Waals surface area contributed by atoms with Gasteiger partial charge in [-0.05, 0) is 43.3 Å². The Morgan fingerprint density at radius 1 is 0.955 bits per heavy atom. The van der Waals surface area contributed by atoms with Crippen molar-refractivity contribution in [1.82, 2.24) is 4.98 Å². The van der Waals surface area contributed by atoms with E-state index in [0.717, 1.165) is 42.0 Å². The molecule has 116 valence electrons. The summed E-state index contributed by atoms with van der Waals surface area (Å²) in [5, 5.41) is 9.52. The summed E-state index contributed by atoms with van der Waals surface area (Å²) in [6, 6.07) is 12.4. The van der Waals surface area contributed by atoms with Gasteiger partial charge in [0.1, 0.15) is 0 Å². The summed E-state index contributed by atoms with van der Waals surface area (Å²) in [6.45, 7) is 5.69. The summed E-state index contributed by atoms with van der Waals surface area (Å²) < 4.78 is 1.11. The van der Waals surface area contributed by atoms with Crippen molar-refractivity contribution in [2.24, 2.45) is 0 Å². The quantitative estimate of drug-likeness (QED) is 0.910. The van der Waals surface area contributed by atoms with Crippen molar-refractivity contribution in [2.45, 2.75) is 13.0 Å². The first-order chi connectivity index (χ1) is 10.6. The molecule has 0 amide bonds. The molecule has 0 radical (unpaired) electrons. The van der Waals surface area contributed by atoms with Crippen molar-refractivity contribution in [3.8, 4) is 0 Å². The lowest BCUT2D eigenvalue weighted by Gasteiger charge is -2.37. The molecule has 1 aliphatic rings. The van der Waals surface area contributed by atoms with Crippen LogP contribution in [0, 0.1) is 0 Å². The molecular formula is C17H20BrN3O. The number of aromatic nitrogens is 1. The summed E-state index contributed by atoms with van der Waals surface area (Å²) in [5.74, 6) is 0. The van der Waals surface area contributed by atoms with Crippen LogP contribution in [0.4, 0.5) is 11.4 Å². The Morgan fingerprint density at radius 2 is 1.50 bits per heavy atom. The van der Waals surface area contributed by atoms with Crippen LogP contribution in [0.15, 0.2) is 47.1 Å². The molecule has 0 spiro atoms. The topological polar surface area (TPSA) is 39.6 Å². The van der Waals surface area contributed by atoms with Gasteiger partial charge in [0.2, 0.25) is 0 Å². The average Bonchev–Trinajstić information content (AvgIpc) is 2.56. The maximum absolute atomic E-state index is 9.52. The van der Waals surface area contributed by atoms with Crippen LogP contribution in [-0.4, -0.2) is 36.3 Å². The minimum atomic E-state index is -0.511. The summed E-state index contributed by atoms with van der Waals surface area (Å²) in [7, 11) is 0. The van der Waals surface area contributed by atoms with Crippen molar-refractivity contribution < 1.29 is 5.11 Å². The number of nitrogens with zero attached hydrogens (tertiary/aromatic N) is 3. The van der Waals surface area contributed by atoms with E-state index in [2.05, 4.69) is 55.0 Å². The van der Waals surface area contributed by atoms with E-state index in [1.165, 1.54) is 5.69 Å². The van der Waals surface area contributed by atoms with Gasteiger partial charge in [-0.15, -0.1) is 0 Å². The van der Waals surface area contributed by atoms with Crippen LogP contribution in [-0.2, 0) is 0 Å². The summed E-state index contributed by atoms with van der Waals surface area (Å²) in [5.41, 5.74) is 3.11. The zero-order valence-electron chi connectivity index (χ0n) is 12.6. The molecule has 1 fully saturated rings. The van der Waals surface area contributed by atoms with E-state index in [4.69, 9.17) is 0 Å². The minimum absolute atomic E-state index is 0.511. The SMILES string of the molecule is CC(O)c1ccc(N2CCN(c3ccc(Br)cc3)CC2)cn1. The number of aliphatic hydroxyl groups is 1. The molecule has 0 bridgehead atoms. The Labute approximate surface area is 139 Å². The fourth-order valence-electron chi connectivity index (χ4n) is 2.71. The van der Waals surface area contributed by atoms with Gasteiger partial charge in [-0.2, -0.15) is 0 Å². The molecule has 4 nitrogen and oxygen atoms in total. The van der Waals surface area contributed by atoms with E-state index < -0.39 is 6.10 Å². The molecule has 1 aromatic heterocycles. The number of benzene rings is 1. The molecule has 22 heavy (non-hydrogen) atoms. The van der Waals surface area contributed by atoms with Gasteiger partial charge in [0.25, 0.3) is 0 Å². The third-order valence-corrected chi connectivity index (χ3v) is 4.56. The molecule has 2 heterocycles. The molecule has 2 aromatic rings. The number of aliphatic hydroxyl groups excluding tert-OH is 1. The minimum Gasteiger partial charge on any atom is -0.387 e. The van der Waals surface area contributed by atoms with Crippen molar-refractivity contribution in [3.63, 3.8) is 0 Å². The maximum atomic E-state index is 9.52. The highest BCUT2D eigenvalue weighted by Crippen LogP contribution is 2.22. The molecule has 0 saturated carbocycles. The maximum Gasteiger partial charge on any atom is 0.0931 e. The number of rotatable bonds is 3. The number of piperazine rings is 1. The van der Waals surface area contributed by atoms with Gasteiger partial charge in [-0.25, -0.2) is 0 Å². The standard InChI is InChI=1S/C17H20BrN3O/c1-13(22)17-7-6-16(12-19-17)21-10-8-20(9-11-21)15-4-2-14(18)3-5-15/h2-7,12-13,22H,8-11H2,1H3. The molecule has 3 rings (SSSR count). The molecule has 0 aliphatic carbocycles. The number of hydrogen-bond donors (Lipinski definition) is 1. The summed E-state index contributed by atoms with van der Waals surface area (Å²) in [4.78, 5) is 9.07. The van der Waals surface area contributed by atoms with E-state index in [0.29, 0.717) is 0 Å². The Bertz CT molecular complexity index is 605. The highest BCUT2D eigenvalue weighted by molar-refractivity contribution is 9.10. The third-order valence-electron chi connectivity index (χ3n) is 4.04. The molecule has 1 aromatic carbocycles. The first kappa shape index (κ1) is 15.3. The van der Waals surface area contributed by atoms with Gasteiger partial charge < -0.3 is 14.9 Å². The number of hydrogen-bond acceptors (Lipinski definition) is 4. The Kier molecular flexibility index (Phi) is 4.64. The molecule has 1 aliphatic heterocycles. The molecule has 1 unspecified atom stereocenters. The van der Waals surface area contributed by atoms with Crippen molar-refractivity contribution >= 4 is 27.3 Å². The van der Waals surface area contributed by atoms with Crippen LogP contribution >= 0.6 is 15.9 Å². The predicted molar refractivity (Wildman–Crippen MR) is 93.4 cm³/mol. The number of anilines is 2. The van der Waals surface area contributed by atoms with Gasteiger partial charge in [-0.3, -0.25) is 4.98 Å². The second kappa shape index (κ2) is 6.67. The smallest absolute Gasteiger partial charge is 0.0931 e. The van der Waals surface area contributed by atoms with Gasteiger partial charge in [0.05, 0.1) is 23.7 Å². The molecule has 1 saturated heterocycles. The average molecular weight is 362 g/mol. The highest BCUT2D eigenvalue weighted by atomic mass is 79.9. The van der Waals surface area contributed by atoms with Gasteiger partial charge in [0.15, 0.2) is 0 Å². The van der Waals surface area contributed by atoms with E-state index in [1.807, 2.05) is 18.3 Å². The Morgan fingerprint density at radius 3 is 2.00 bits per heavy atom. The Balaban J connectivity index is 1.62. The van der Waals surface area contributed by atoms with Crippen LogP contribution in [0.5, 0.6) is 0 Å². The predicted octanol–water partition coefficient (Wildman–Crippen LogP) is 3.22. The number of pyridine rings is 1. The second-order valence-electron chi connectivity index (χ2n) is 5.57. The molecule has 1 N–H and O–H groups in total. The van der Waals surface area contributed by atoms with Crippen LogP contribution in [0.25, 0.3) is 0 Å². The van der Waals surface area contributed by atoms with E-state index in [1.54, 1.807) is 6.92 Å². The first-order valence-corrected chi connectivity index (χ1v) is 8.32. The van der Waals surface area contributed by atoms with Crippen LogP contribution in [0.3, 0.4) is 0 Å². The lowest BCUT2D eigenvalue weighted by molar-refractivity contribution is 0.194. The van der Waals surface area contributed by atoms with E-state index in [-0.39, 0.29) is 0 Å². The van der Waals surface area contributed by atoms with Crippen molar-refractivity contribution in [1.29, 1.82) is 0 Å². The van der Waals surface area contributed by atoms with E-state index in [9.17, 15) is 5.11 Å². The van der Waals surface area contributed by atoms with Gasteiger partial charge in [0, 0.05) is 36.3 Å². The van der Waals surface area contributed by atoms with Crippen LogP contribution in [0.2, 0.25) is 0 Å². The lowest BCUT2D eigenvalue weighted by atomic mass is 10.2. The zero-order valence-corrected chi connectivity index (χ0v) is 14.2. The molecule has 5 heteroatoms. The number of halogens is 1. The van der Waals surface area contributed by atoms with Crippen LogP contribution in [0.1, 0.15) is 18.7 Å². The largest absolute Gasteiger partial charge is 0.387 e. The Hall–Kier alpha value is -1.59. The fraction of sp³-hybridized carbons (Fsp3) is 0.353. The van der Waals surface area contributed by atoms with E-state index >= 15 is 0 Å². The first-order valence-electron chi connectivity index (χ1n) is 7.53. The van der Waals surface area contributed by atoms with Crippen molar-refractivity contribution in [3.05, 3.63) is 52.8 Å². The van der Waals surface area contributed by atoms with Crippen LogP contribution < -0.4 is 9.80 Å². The molecular weight excluding hydrogens is 342 g/mol. The van der Waals surface area contributed by atoms with Crippen molar-refractivity contribution in [2.75, 3.05) is 36.0 Å². The summed E-state index contributed by atoms with van der Waals surface area (Å²) in [6.07, 6.45) is 1.35. The molecule has 1 atom stereocenters. The normalized spacial score (nSPS) is 16.7. The zero-order chi connectivity index (χ0) is 15.5. The van der Waals surface area contributed by atoms with Gasteiger partial charge in [-0.1, -0.05) is 15.9 Å². The second-order valence-corrected chi connectivity index (χ2v) is 6.48. The van der Waals surface area contributed by atoms with Gasteiger partial charge >= 0.3 is 0 Å². The highest BCUT2D eigenvalue weighted by Gasteiger charge is 2.18. The lowest BCUT2D eigenvalue weighted by Crippen LogP contribution is -2.46. The summed E-state index contributed by atoms with van der Waals surface area (Å²) >= 11 is 3.47. The third kappa shape index (κ3) is 3.42. The monoisotopic (exact) mass is 361 g/mol.